The number of ether oxygens (including phenoxy) is 2. The minimum atomic E-state index is 0.704. The van der Waals surface area contributed by atoms with E-state index < -0.39 is 0 Å². The third-order valence-electron chi connectivity index (χ3n) is 3.08. The van der Waals surface area contributed by atoms with Gasteiger partial charge in [0, 0.05) is 36.4 Å². The van der Waals surface area contributed by atoms with E-state index in [0.29, 0.717) is 13.2 Å². The standard InChI is InChI=1S/C15H20BrN3O2/c1-20-6-5-17-8-12-9-18-19(10-12)11-13-7-14(21-2)3-4-15(13)16/h3-4,7,9-10,17H,5-6,8,11H2,1-2H3. The van der Waals surface area contributed by atoms with Gasteiger partial charge in [-0.1, -0.05) is 15.9 Å². The Morgan fingerprint density at radius 2 is 2.19 bits per heavy atom. The van der Waals surface area contributed by atoms with Crippen molar-refractivity contribution in [2.45, 2.75) is 13.1 Å². The average molecular weight is 354 g/mol. The zero-order valence-corrected chi connectivity index (χ0v) is 13.9. The molecule has 21 heavy (non-hydrogen) atoms. The molecule has 0 saturated carbocycles. The van der Waals surface area contributed by atoms with E-state index in [9.17, 15) is 0 Å². The molecule has 0 saturated heterocycles. The summed E-state index contributed by atoms with van der Waals surface area (Å²) in [6.45, 7) is 3.05. The SMILES string of the molecule is COCCNCc1cnn(Cc2cc(OC)ccc2Br)c1. The van der Waals surface area contributed by atoms with Crippen LogP contribution in [-0.2, 0) is 17.8 Å². The molecular weight excluding hydrogens is 334 g/mol. The molecule has 0 radical (unpaired) electrons. The predicted octanol–water partition coefficient (Wildman–Crippen LogP) is 2.44. The van der Waals surface area contributed by atoms with Crippen LogP contribution in [0.25, 0.3) is 0 Å². The zero-order chi connectivity index (χ0) is 15.1. The highest BCUT2D eigenvalue weighted by Gasteiger charge is 2.05. The Kier molecular flexibility index (Phi) is 6.22. The molecule has 0 unspecified atom stereocenters. The van der Waals surface area contributed by atoms with Gasteiger partial charge < -0.3 is 14.8 Å². The van der Waals surface area contributed by atoms with Gasteiger partial charge in [0.2, 0.25) is 0 Å². The first-order valence-corrected chi connectivity index (χ1v) is 7.55. The highest BCUT2D eigenvalue weighted by molar-refractivity contribution is 9.10. The highest BCUT2D eigenvalue weighted by Crippen LogP contribution is 2.23. The Morgan fingerprint density at radius 1 is 1.33 bits per heavy atom. The third kappa shape index (κ3) is 4.84. The van der Waals surface area contributed by atoms with Crippen LogP contribution >= 0.6 is 15.9 Å². The molecule has 1 N–H and O–H groups in total. The molecule has 0 amide bonds. The van der Waals surface area contributed by atoms with Crippen LogP contribution < -0.4 is 10.1 Å². The number of rotatable bonds is 8. The molecule has 0 atom stereocenters. The Hall–Kier alpha value is -1.37. The quantitative estimate of drug-likeness (QED) is 0.740. The number of nitrogens with one attached hydrogen (secondary N) is 1. The lowest BCUT2D eigenvalue weighted by atomic mass is 10.2. The van der Waals surface area contributed by atoms with Crippen LogP contribution in [-0.4, -0.2) is 37.2 Å². The van der Waals surface area contributed by atoms with Crippen molar-refractivity contribution in [1.82, 2.24) is 15.1 Å². The van der Waals surface area contributed by atoms with Crippen molar-refractivity contribution < 1.29 is 9.47 Å². The number of hydrogen-bond donors (Lipinski definition) is 1. The summed E-state index contributed by atoms with van der Waals surface area (Å²) in [6, 6.07) is 5.94. The van der Waals surface area contributed by atoms with Crippen molar-refractivity contribution in [3.05, 3.63) is 46.2 Å². The molecule has 2 aromatic rings. The second-order valence-electron chi connectivity index (χ2n) is 4.67. The monoisotopic (exact) mass is 353 g/mol. The maximum Gasteiger partial charge on any atom is 0.119 e. The molecule has 1 heterocycles. The first-order chi connectivity index (χ1) is 10.2. The average Bonchev–Trinajstić information content (AvgIpc) is 2.93. The number of aromatic nitrogens is 2. The summed E-state index contributed by atoms with van der Waals surface area (Å²) in [5, 5.41) is 7.69. The summed E-state index contributed by atoms with van der Waals surface area (Å²) in [5.41, 5.74) is 2.29. The largest absolute Gasteiger partial charge is 0.497 e. The first-order valence-electron chi connectivity index (χ1n) is 6.76. The minimum Gasteiger partial charge on any atom is -0.497 e. The smallest absolute Gasteiger partial charge is 0.119 e. The molecule has 2 rings (SSSR count). The van der Waals surface area contributed by atoms with Crippen LogP contribution in [0.3, 0.4) is 0 Å². The normalized spacial score (nSPS) is 10.8. The predicted molar refractivity (Wildman–Crippen MR) is 85.6 cm³/mol. The first kappa shape index (κ1) is 16.0. The third-order valence-corrected chi connectivity index (χ3v) is 3.86. The number of nitrogens with zero attached hydrogens (tertiary/aromatic N) is 2. The van der Waals surface area contributed by atoms with E-state index in [1.54, 1.807) is 14.2 Å². The van der Waals surface area contributed by atoms with Gasteiger partial charge in [-0.25, -0.2) is 0 Å². The van der Waals surface area contributed by atoms with E-state index in [2.05, 4.69) is 26.3 Å². The van der Waals surface area contributed by atoms with E-state index in [-0.39, 0.29) is 0 Å². The zero-order valence-electron chi connectivity index (χ0n) is 12.3. The molecule has 0 aliphatic rings. The van der Waals surface area contributed by atoms with Crippen molar-refractivity contribution >= 4 is 15.9 Å². The van der Waals surface area contributed by atoms with Crippen LogP contribution in [0.5, 0.6) is 5.75 Å². The van der Waals surface area contributed by atoms with Gasteiger partial charge in [0.15, 0.2) is 0 Å². The molecule has 0 aliphatic carbocycles. The van der Waals surface area contributed by atoms with Gasteiger partial charge in [0.05, 0.1) is 26.5 Å². The Labute approximate surface area is 133 Å². The van der Waals surface area contributed by atoms with Crippen LogP contribution in [0.2, 0.25) is 0 Å². The molecule has 6 heteroatoms. The number of halogens is 1. The van der Waals surface area contributed by atoms with Gasteiger partial charge in [-0.05, 0) is 23.8 Å². The molecule has 114 valence electrons. The molecular formula is C15H20BrN3O2. The van der Waals surface area contributed by atoms with Gasteiger partial charge in [-0.15, -0.1) is 0 Å². The molecule has 1 aromatic carbocycles. The summed E-state index contributed by atoms with van der Waals surface area (Å²) < 4.78 is 13.2. The van der Waals surface area contributed by atoms with Gasteiger partial charge in [-0.2, -0.15) is 5.10 Å². The summed E-state index contributed by atoms with van der Waals surface area (Å²) in [6.07, 6.45) is 3.93. The fourth-order valence-corrected chi connectivity index (χ4v) is 2.34. The van der Waals surface area contributed by atoms with E-state index in [0.717, 1.165) is 34.4 Å². The van der Waals surface area contributed by atoms with Crippen LogP contribution in [0.1, 0.15) is 11.1 Å². The molecule has 0 fully saturated rings. The molecule has 0 bridgehead atoms. The van der Waals surface area contributed by atoms with Gasteiger partial charge in [-0.3, -0.25) is 4.68 Å². The fraction of sp³-hybridized carbons (Fsp3) is 0.400. The van der Waals surface area contributed by atoms with Crippen molar-refractivity contribution in [2.75, 3.05) is 27.4 Å². The van der Waals surface area contributed by atoms with E-state index in [4.69, 9.17) is 9.47 Å². The lowest BCUT2D eigenvalue weighted by Gasteiger charge is -2.07. The topological polar surface area (TPSA) is 48.3 Å². The maximum absolute atomic E-state index is 5.26. The highest BCUT2D eigenvalue weighted by atomic mass is 79.9. The van der Waals surface area contributed by atoms with Gasteiger partial charge >= 0.3 is 0 Å². The van der Waals surface area contributed by atoms with E-state index in [1.807, 2.05) is 35.3 Å². The summed E-state index contributed by atoms with van der Waals surface area (Å²) in [7, 11) is 3.37. The second-order valence-corrected chi connectivity index (χ2v) is 5.53. The lowest BCUT2D eigenvalue weighted by Crippen LogP contribution is -2.18. The van der Waals surface area contributed by atoms with Crippen molar-refractivity contribution in [1.29, 1.82) is 0 Å². The summed E-state index contributed by atoms with van der Waals surface area (Å²) >= 11 is 3.56. The van der Waals surface area contributed by atoms with Crippen molar-refractivity contribution in [3.8, 4) is 5.75 Å². The van der Waals surface area contributed by atoms with Crippen molar-refractivity contribution in [3.63, 3.8) is 0 Å². The minimum absolute atomic E-state index is 0.704. The number of hydrogen-bond acceptors (Lipinski definition) is 4. The van der Waals surface area contributed by atoms with E-state index >= 15 is 0 Å². The van der Waals surface area contributed by atoms with Crippen LogP contribution in [0, 0.1) is 0 Å². The fourth-order valence-electron chi connectivity index (χ4n) is 1.96. The van der Waals surface area contributed by atoms with Crippen LogP contribution in [0.4, 0.5) is 0 Å². The van der Waals surface area contributed by atoms with Crippen LogP contribution in [0.15, 0.2) is 35.1 Å². The lowest BCUT2D eigenvalue weighted by molar-refractivity contribution is 0.199. The summed E-state index contributed by atoms with van der Waals surface area (Å²) in [4.78, 5) is 0. The molecule has 5 nitrogen and oxygen atoms in total. The van der Waals surface area contributed by atoms with Crippen molar-refractivity contribution in [2.24, 2.45) is 0 Å². The molecule has 0 spiro atoms. The Balaban J connectivity index is 1.96. The van der Waals surface area contributed by atoms with E-state index in [1.165, 1.54) is 0 Å². The van der Waals surface area contributed by atoms with Gasteiger partial charge in [0.1, 0.15) is 5.75 Å². The molecule has 1 aromatic heterocycles. The van der Waals surface area contributed by atoms with Gasteiger partial charge in [0.25, 0.3) is 0 Å². The maximum atomic E-state index is 5.26. The summed E-state index contributed by atoms with van der Waals surface area (Å²) in [5.74, 6) is 0.849. The Morgan fingerprint density at radius 3 is 2.95 bits per heavy atom. The Bertz CT molecular complexity index is 572. The number of benzene rings is 1. The number of methoxy groups -OCH3 is 2. The second kappa shape index (κ2) is 8.17. The molecule has 0 aliphatic heterocycles.